The van der Waals surface area contributed by atoms with Gasteiger partial charge in [-0.25, -0.2) is 0 Å². The van der Waals surface area contributed by atoms with Crippen molar-refractivity contribution in [2.24, 2.45) is 0 Å². The van der Waals surface area contributed by atoms with Crippen molar-refractivity contribution in [1.29, 1.82) is 0 Å². The summed E-state index contributed by atoms with van der Waals surface area (Å²) in [6.07, 6.45) is 1.73. The molecule has 2 N–H and O–H groups in total. The Morgan fingerprint density at radius 1 is 1.32 bits per heavy atom. The normalized spacial score (nSPS) is 19.7. The number of aryl methyl sites for hydroxylation is 1. The smallest absolute Gasteiger partial charge is 0.319 e. The molecule has 4 heteroatoms. The molecule has 1 aromatic carbocycles. The predicted molar refractivity (Wildman–Crippen MR) is 78.3 cm³/mol. The minimum absolute atomic E-state index is 0.231. The van der Waals surface area contributed by atoms with Crippen molar-refractivity contribution in [3.8, 4) is 0 Å². The van der Waals surface area contributed by atoms with E-state index in [1.807, 2.05) is 0 Å². The molecule has 1 fully saturated rings. The Morgan fingerprint density at radius 2 is 1.89 bits per heavy atom. The maximum Gasteiger partial charge on any atom is 0.319 e. The molecule has 1 heterocycles. The van der Waals surface area contributed by atoms with Gasteiger partial charge in [0.05, 0.1) is 18.3 Å². The summed E-state index contributed by atoms with van der Waals surface area (Å²) in [5.41, 5.74) is 1.86. The van der Waals surface area contributed by atoms with E-state index in [0.29, 0.717) is 0 Å². The third-order valence-corrected chi connectivity index (χ3v) is 3.93. The molecule has 0 aliphatic carbocycles. The van der Waals surface area contributed by atoms with Crippen LogP contribution in [0.2, 0.25) is 0 Å². The van der Waals surface area contributed by atoms with Crippen LogP contribution in [0.25, 0.3) is 0 Å². The molecule has 0 aromatic heterocycles. The van der Waals surface area contributed by atoms with Crippen molar-refractivity contribution in [2.75, 3.05) is 13.1 Å². The van der Waals surface area contributed by atoms with Crippen LogP contribution in [0.3, 0.4) is 0 Å². The van der Waals surface area contributed by atoms with E-state index in [-0.39, 0.29) is 11.2 Å². The van der Waals surface area contributed by atoms with Crippen molar-refractivity contribution < 1.29 is 14.8 Å². The van der Waals surface area contributed by atoms with E-state index >= 15 is 0 Å². The van der Waals surface area contributed by atoms with Crippen molar-refractivity contribution in [3.63, 3.8) is 0 Å². The van der Waals surface area contributed by atoms with Gasteiger partial charge >= 0.3 is 5.97 Å². The fourth-order valence-corrected chi connectivity index (χ4v) is 2.58. The number of ether oxygens (including phenoxy) is 1. The van der Waals surface area contributed by atoms with Crippen LogP contribution in [0.5, 0.6) is 0 Å². The molecule has 1 aliphatic heterocycles. The van der Waals surface area contributed by atoms with E-state index in [0.717, 1.165) is 31.5 Å². The van der Waals surface area contributed by atoms with Crippen LogP contribution in [-0.4, -0.2) is 24.3 Å². The monoisotopic (exact) mass is 280 g/mol. The standard InChI is InChI=1S/C15H21NO2S/c1-11-3-5-13(6-4-11)15(7-9-16-10-8-15)18-14(17)12(2)19/h3-6,12,16,19H,7-10H2,1-2H3/p+1. The Hall–Kier alpha value is -1.00. The molecule has 1 unspecified atom stereocenters. The van der Waals surface area contributed by atoms with Gasteiger partial charge in [0.1, 0.15) is 5.60 Å². The summed E-state index contributed by atoms with van der Waals surface area (Å²) in [5.74, 6) is -0.231. The summed E-state index contributed by atoms with van der Waals surface area (Å²) in [6, 6.07) is 8.31. The molecular weight excluding hydrogens is 258 g/mol. The Bertz CT molecular complexity index is 436. The van der Waals surface area contributed by atoms with Crippen molar-refractivity contribution in [1.82, 2.24) is 0 Å². The molecule has 19 heavy (non-hydrogen) atoms. The highest BCUT2D eigenvalue weighted by atomic mass is 32.1. The number of quaternary nitrogens is 1. The fraction of sp³-hybridized carbons (Fsp3) is 0.533. The van der Waals surface area contributed by atoms with Crippen LogP contribution < -0.4 is 5.32 Å². The molecule has 3 nitrogen and oxygen atoms in total. The van der Waals surface area contributed by atoms with Crippen molar-refractivity contribution in [2.45, 2.75) is 37.5 Å². The fourth-order valence-electron chi connectivity index (χ4n) is 2.52. The average Bonchev–Trinajstić information content (AvgIpc) is 2.40. The summed E-state index contributed by atoms with van der Waals surface area (Å²) in [5, 5.41) is 1.89. The lowest BCUT2D eigenvalue weighted by atomic mass is 9.84. The number of rotatable bonds is 3. The molecule has 2 rings (SSSR count). The first-order chi connectivity index (χ1) is 9.03. The average molecular weight is 280 g/mol. The van der Waals surface area contributed by atoms with Crippen LogP contribution >= 0.6 is 12.6 Å². The van der Waals surface area contributed by atoms with Gasteiger partial charge < -0.3 is 10.1 Å². The van der Waals surface area contributed by atoms with Gasteiger partial charge in [0, 0.05) is 12.8 Å². The van der Waals surface area contributed by atoms with Gasteiger partial charge in [0.25, 0.3) is 0 Å². The Labute approximate surface area is 120 Å². The Morgan fingerprint density at radius 3 is 2.42 bits per heavy atom. The van der Waals surface area contributed by atoms with Gasteiger partial charge in [-0.2, -0.15) is 12.6 Å². The minimum atomic E-state index is -0.462. The first-order valence-electron chi connectivity index (χ1n) is 6.83. The molecule has 0 bridgehead atoms. The van der Waals surface area contributed by atoms with Gasteiger partial charge in [-0.3, -0.25) is 4.79 Å². The summed E-state index contributed by atoms with van der Waals surface area (Å²) < 4.78 is 5.83. The summed E-state index contributed by atoms with van der Waals surface area (Å²) >= 11 is 4.18. The number of carbonyl (C=O) groups is 1. The lowest BCUT2D eigenvalue weighted by molar-refractivity contribution is -0.668. The third-order valence-electron chi connectivity index (χ3n) is 3.72. The Kier molecular flexibility index (Phi) is 4.53. The van der Waals surface area contributed by atoms with Gasteiger partial charge in [0.2, 0.25) is 0 Å². The van der Waals surface area contributed by atoms with E-state index in [1.54, 1.807) is 6.92 Å². The molecule has 1 saturated heterocycles. The zero-order valence-electron chi connectivity index (χ0n) is 11.6. The molecule has 0 saturated carbocycles. The van der Waals surface area contributed by atoms with E-state index < -0.39 is 5.60 Å². The molecule has 104 valence electrons. The summed E-state index contributed by atoms with van der Waals surface area (Å²) in [7, 11) is 0. The number of carbonyl (C=O) groups excluding carboxylic acids is 1. The molecule has 1 aliphatic rings. The number of esters is 1. The summed E-state index contributed by atoms with van der Waals surface area (Å²) in [6.45, 7) is 5.79. The molecule has 0 radical (unpaired) electrons. The Balaban J connectivity index is 2.28. The molecule has 1 atom stereocenters. The van der Waals surface area contributed by atoms with Gasteiger partial charge in [-0.15, -0.1) is 0 Å². The quantitative estimate of drug-likeness (QED) is 0.649. The first kappa shape index (κ1) is 14.4. The van der Waals surface area contributed by atoms with E-state index in [9.17, 15) is 4.79 Å². The second kappa shape index (κ2) is 5.97. The van der Waals surface area contributed by atoms with Crippen LogP contribution in [0.1, 0.15) is 30.9 Å². The number of benzene rings is 1. The van der Waals surface area contributed by atoms with Crippen LogP contribution in [0, 0.1) is 6.92 Å². The second-order valence-electron chi connectivity index (χ2n) is 5.32. The lowest BCUT2D eigenvalue weighted by Crippen LogP contribution is -2.87. The zero-order chi connectivity index (χ0) is 13.9. The highest BCUT2D eigenvalue weighted by molar-refractivity contribution is 7.81. The second-order valence-corrected chi connectivity index (χ2v) is 6.10. The minimum Gasteiger partial charge on any atom is -0.453 e. The predicted octanol–water partition coefficient (Wildman–Crippen LogP) is 1.41. The highest BCUT2D eigenvalue weighted by Crippen LogP contribution is 2.34. The van der Waals surface area contributed by atoms with Gasteiger partial charge in [-0.05, 0) is 19.4 Å². The van der Waals surface area contributed by atoms with Crippen molar-refractivity contribution >= 4 is 18.6 Å². The maximum absolute atomic E-state index is 11.9. The molecule has 0 spiro atoms. The van der Waals surface area contributed by atoms with E-state index in [1.165, 1.54) is 5.56 Å². The number of hydrogen-bond donors (Lipinski definition) is 2. The van der Waals surface area contributed by atoms with Crippen LogP contribution in [0.15, 0.2) is 24.3 Å². The van der Waals surface area contributed by atoms with E-state index in [2.05, 4.69) is 49.1 Å². The maximum atomic E-state index is 11.9. The van der Waals surface area contributed by atoms with Crippen LogP contribution in [-0.2, 0) is 15.1 Å². The largest absolute Gasteiger partial charge is 0.453 e. The molecule has 1 aromatic rings. The van der Waals surface area contributed by atoms with E-state index in [4.69, 9.17) is 4.74 Å². The van der Waals surface area contributed by atoms with Crippen molar-refractivity contribution in [3.05, 3.63) is 35.4 Å². The zero-order valence-corrected chi connectivity index (χ0v) is 12.5. The number of nitrogens with two attached hydrogens (primary N) is 1. The topological polar surface area (TPSA) is 42.9 Å². The number of thiol groups is 1. The highest BCUT2D eigenvalue weighted by Gasteiger charge is 2.40. The molecule has 0 amide bonds. The number of hydrogen-bond acceptors (Lipinski definition) is 3. The van der Waals surface area contributed by atoms with Gasteiger partial charge in [0.15, 0.2) is 0 Å². The first-order valence-corrected chi connectivity index (χ1v) is 7.35. The van der Waals surface area contributed by atoms with Gasteiger partial charge in [-0.1, -0.05) is 29.8 Å². The molecular formula is C15H22NO2S+. The van der Waals surface area contributed by atoms with Crippen LogP contribution in [0.4, 0.5) is 0 Å². The number of piperidine rings is 1. The lowest BCUT2D eigenvalue weighted by Gasteiger charge is -2.36. The third kappa shape index (κ3) is 3.31. The summed E-state index contributed by atoms with van der Waals surface area (Å²) in [4.78, 5) is 11.9. The SMILES string of the molecule is Cc1ccc(C2(OC(=O)C(C)S)CC[NH2+]CC2)cc1.